The van der Waals surface area contributed by atoms with Gasteiger partial charge >= 0.3 is 0 Å². The van der Waals surface area contributed by atoms with Crippen LogP contribution in [0.5, 0.6) is 0 Å². The van der Waals surface area contributed by atoms with Gasteiger partial charge in [-0.25, -0.2) is 4.52 Å². The fraction of sp³-hybridized carbons (Fsp3) is 0.269. The van der Waals surface area contributed by atoms with E-state index in [0.29, 0.717) is 0 Å². The van der Waals surface area contributed by atoms with E-state index in [1.807, 2.05) is 24.5 Å². The highest BCUT2D eigenvalue weighted by Crippen LogP contribution is 2.32. The normalized spacial score (nSPS) is 13.5. The smallest absolute Gasteiger partial charge is 0.240 e. The first kappa shape index (κ1) is 20.2. The summed E-state index contributed by atoms with van der Waals surface area (Å²) in [6.07, 6.45) is 8.29. The van der Waals surface area contributed by atoms with Crippen LogP contribution in [0.4, 0.5) is 5.95 Å². The van der Waals surface area contributed by atoms with Gasteiger partial charge in [-0.1, -0.05) is 44.2 Å². The zero-order valence-electron chi connectivity index (χ0n) is 18.5. The fourth-order valence-corrected chi connectivity index (χ4v) is 4.43. The van der Waals surface area contributed by atoms with Gasteiger partial charge in [0.15, 0.2) is 5.65 Å². The Bertz CT molecular complexity index is 1290. The van der Waals surface area contributed by atoms with E-state index in [9.17, 15) is 0 Å². The molecular formula is C26H28N6. The van der Waals surface area contributed by atoms with Crippen LogP contribution in [0.15, 0.2) is 61.4 Å². The number of pyridine rings is 2. The number of anilines is 1. The van der Waals surface area contributed by atoms with Crippen LogP contribution in [-0.4, -0.2) is 31.0 Å². The standard InChI is InChI=1S/C26H28N6/c1-3-4-7-19-8-5-6-9-21(19)17-31-12-11-24-23(18(31)2)14-22(16-28-24)20-10-13-32-25(15-20)29-26(27)30-32/h5-6,8-10,13-16H,2-4,7,11-12,17H2,1H3,(H2,27,30). The second kappa shape index (κ2) is 8.46. The molecule has 4 heterocycles. The topological polar surface area (TPSA) is 72.3 Å². The monoisotopic (exact) mass is 424 g/mol. The Hall–Kier alpha value is -3.67. The summed E-state index contributed by atoms with van der Waals surface area (Å²) in [5.74, 6) is 0.272. The molecule has 5 rings (SSSR count). The third-order valence-corrected chi connectivity index (χ3v) is 6.25. The van der Waals surface area contributed by atoms with Crippen molar-refractivity contribution < 1.29 is 0 Å². The Kier molecular flexibility index (Phi) is 5.35. The predicted octanol–water partition coefficient (Wildman–Crippen LogP) is 4.75. The summed E-state index contributed by atoms with van der Waals surface area (Å²) in [7, 11) is 0. The van der Waals surface area contributed by atoms with Crippen LogP contribution in [0, 0.1) is 0 Å². The van der Waals surface area contributed by atoms with E-state index in [0.717, 1.165) is 59.7 Å². The first-order valence-electron chi connectivity index (χ1n) is 11.2. The molecule has 0 spiro atoms. The minimum atomic E-state index is 0.272. The third kappa shape index (κ3) is 3.84. The van der Waals surface area contributed by atoms with E-state index in [1.165, 1.54) is 24.0 Å². The molecule has 0 amide bonds. The summed E-state index contributed by atoms with van der Waals surface area (Å²) in [5.41, 5.74) is 14.7. The van der Waals surface area contributed by atoms with E-state index >= 15 is 0 Å². The van der Waals surface area contributed by atoms with Crippen LogP contribution in [-0.2, 0) is 19.4 Å². The van der Waals surface area contributed by atoms with Crippen LogP contribution in [0.2, 0.25) is 0 Å². The maximum atomic E-state index is 5.73. The van der Waals surface area contributed by atoms with Gasteiger partial charge in [0.25, 0.3) is 0 Å². The molecule has 2 N–H and O–H groups in total. The van der Waals surface area contributed by atoms with Crippen molar-refractivity contribution in [1.82, 2.24) is 24.5 Å². The van der Waals surface area contributed by atoms with Crippen molar-refractivity contribution in [2.45, 2.75) is 39.2 Å². The molecule has 0 saturated heterocycles. The maximum Gasteiger partial charge on any atom is 0.240 e. The summed E-state index contributed by atoms with van der Waals surface area (Å²) in [6, 6.07) is 15.0. The summed E-state index contributed by atoms with van der Waals surface area (Å²) < 4.78 is 1.68. The predicted molar refractivity (Wildman–Crippen MR) is 129 cm³/mol. The van der Waals surface area contributed by atoms with E-state index in [2.05, 4.69) is 58.8 Å². The molecule has 0 fully saturated rings. The molecule has 3 aromatic heterocycles. The Morgan fingerprint density at radius 3 is 2.78 bits per heavy atom. The van der Waals surface area contributed by atoms with Crippen molar-refractivity contribution in [3.05, 3.63) is 83.8 Å². The van der Waals surface area contributed by atoms with Gasteiger partial charge in [0, 0.05) is 48.7 Å². The van der Waals surface area contributed by atoms with Crippen LogP contribution in [0.1, 0.15) is 42.1 Å². The number of rotatable bonds is 6. The van der Waals surface area contributed by atoms with Gasteiger partial charge in [-0.15, -0.1) is 5.10 Å². The molecule has 6 heteroatoms. The molecule has 0 radical (unpaired) electrons. The number of nitrogens with two attached hydrogens (primary N) is 1. The van der Waals surface area contributed by atoms with Crippen molar-refractivity contribution in [2.24, 2.45) is 0 Å². The zero-order valence-corrected chi connectivity index (χ0v) is 18.5. The van der Waals surface area contributed by atoms with Gasteiger partial charge in [-0.2, -0.15) is 4.98 Å². The van der Waals surface area contributed by atoms with E-state index < -0.39 is 0 Å². The second-order valence-corrected chi connectivity index (χ2v) is 8.40. The van der Waals surface area contributed by atoms with Gasteiger partial charge in [-0.3, -0.25) is 4.98 Å². The van der Waals surface area contributed by atoms with Crippen molar-refractivity contribution in [2.75, 3.05) is 12.3 Å². The molecule has 4 aromatic rings. The van der Waals surface area contributed by atoms with Crippen LogP contribution >= 0.6 is 0 Å². The molecule has 1 aliphatic rings. The van der Waals surface area contributed by atoms with Crippen LogP contribution in [0.25, 0.3) is 22.5 Å². The van der Waals surface area contributed by atoms with Crippen molar-refractivity contribution in [3.8, 4) is 11.1 Å². The van der Waals surface area contributed by atoms with Gasteiger partial charge in [0.1, 0.15) is 0 Å². The molecule has 1 aliphatic heterocycles. The number of benzene rings is 1. The first-order chi connectivity index (χ1) is 15.6. The van der Waals surface area contributed by atoms with Gasteiger partial charge in [-0.05, 0) is 47.7 Å². The molecular weight excluding hydrogens is 396 g/mol. The second-order valence-electron chi connectivity index (χ2n) is 8.40. The number of aromatic nitrogens is 4. The lowest BCUT2D eigenvalue weighted by molar-refractivity contribution is 0.380. The number of nitrogen functional groups attached to an aromatic ring is 1. The Morgan fingerprint density at radius 2 is 1.94 bits per heavy atom. The number of nitrogens with zero attached hydrogens (tertiary/aromatic N) is 5. The minimum absolute atomic E-state index is 0.272. The summed E-state index contributed by atoms with van der Waals surface area (Å²) in [6.45, 7) is 8.52. The van der Waals surface area contributed by atoms with Crippen molar-refractivity contribution in [1.29, 1.82) is 0 Å². The average Bonchev–Trinajstić information content (AvgIpc) is 3.19. The lowest BCUT2D eigenvalue weighted by Crippen LogP contribution is -2.29. The lowest BCUT2D eigenvalue weighted by atomic mass is 9.96. The number of aryl methyl sites for hydroxylation is 1. The molecule has 0 bridgehead atoms. The minimum Gasteiger partial charge on any atom is -0.367 e. The number of hydrogen-bond donors (Lipinski definition) is 1. The zero-order chi connectivity index (χ0) is 22.1. The van der Waals surface area contributed by atoms with Crippen molar-refractivity contribution >= 4 is 17.3 Å². The fourth-order valence-electron chi connectivity index (χ4n) is 4.43. The highest BCUT2D eigenvalue weighted by Gasteiger charge is 2.22. The van der Waals surface area contributed by atoms with Gasteiger partial charge < -0.3 is 10.6 Å². The highest BCUT2D eigenvalue weighted by molar-refractivity contribution is 5.74. The van der Waals surface area contributed by atoms with Crippen molar-refractivity contribution in [3.63, 3.8) is 0 Å². The summed E-state index contributed by atoms with van der Waals surface area (Å²) >= 11 is 0. The molecule has 32 heavy (non-hydrogen) atoms. The highest BCUT2D eigenvalue weighted by atomic mass is 15.3. The Labute approximate surface area is 188 Å². The van der Waals surface area contributed by atoms with Crippen LogP contribution < -0.4 is 5.73 Å². The number of fused-ring (bicyclic) bond motifs is 2. The molecule has 0 unspecified atom stereocenters. The molecule has 0 saturated carbocycles. The van der Waals surface area contributed by atoms with E-state index in [-0.39, 0.29) is 5.95 Å². The SMILES string of the molecule is C=C1c2cc(-c3ccn4nc(N)nc4c3)cnc2CCN1Cc1ccccc1CCCC. The van der Waals surface area contributed by atoms with E-state index in [4.69, 9.17) is 10.7 Å². The van der Waals surface area contributed by atoms with Gasteiger partial charge in [0.2, 0.25) is 5.95 Å². The summed E-state index contributed by atoms with van der Waals surface area (Å²) in [4.78, 5) is 11.4. The van der Waals surface area contributed by atoms with Crippen LogP contribution in [0.3, 0.4) is 0 Å². The molecule has 0 atom stereocenters. The quantitative estimate of drug-likeness (QED) is 0.484. The maximum absolute atomic E-state index is 5.73. The largest absolute Gasteiger partial charge is 0.367 e. The molecule has 1 aromatic carbocycles. The third-order valence-electron chi connectivity index (χ3n) is 6.25. The summed E-state index contributed by atoms with van der Waals surface area (Å²) in [5, 5.41) is 4.15. The lowest BCUT2D eigenvalue weighted by Gasteiger charge is -2.33. The van der Waals surface area contributed by atoms with Gasteiger partial charge in [0.05, 0.1) is 5.69 Å². The number of hydrogen-bond acceptors (Lipinski definition) is 5. The molecule has 0 aliphatic carbocycles. The average molecular weight is 425 g/mol. The number of unbranched alkanes of at least 4 members (excludes halogenated alkanes) is 1. The first-order valence-corrected chi connectivity index (χ1v) is 11.2. The molecule has 6 nitrogen and oxygen atoms in total. The van der Waals surface area contributed by atoms with E-state index in [1.54, 1.807) is 4.52 Å². The Balaban J connectivity index is 1.42. The molecule has 162 valence electrons. The Morgan fingerprint density at radius 1 is 1.09 bits per heavy atom.